The SMILES string of the molecule is COc1cc(CCC(C)N)cc([N+](=O)[O-])c1OCc1ccccc1. The fourth-order valence-electron chi connectivity index (χ4n) is 2.34. The standard InChI is InChI=1S/C18H22N2O4/c1-13(19)8-9-15-10-16(20(21)22)18(17(11-15)23-2)24-12-14-6-4-3-5-7-14/h3-7,10-11,13H,8-9,12,19H2,1-2H3. The van der Waals surface area contributed by atoms with Crippen molar-refractivity contribution in [2.75, 3.05) is 7.11 Å². The van der Waals surface area contributed by atoms with Crippen molar-refractivity contribution in [1.82, 2.24) is 0 Å². The first-order chi connectivity index (χ1) is 11.5. The molecule has 2 aromatic rings. The number of rotatable bonds is 8. The first kappa shape index (κ1) is 17.7. The van der Waals surface area contributed by atoms with Gasteiger partial charge in [0.2, 0.25) is 5.75 Å². The molecule has 0 amide bonds. The molecule has 128 valence electrons. The van der Waals surface area contributed by atoms with E-state index in [1.54, 1.807) is 6.07 Å². The third kappa shape index (κ3) is 4.70. The molecule has 2 aromatic carbocycles. The number of nitro groups is 1. The lowest BCUT2D eigenvalue weighted by Gasteiger charge is -2.13. The van der Waals surface area contributed by atoms with E-state index < -0.39 is 4.92 Å². The van der Waals surface area contributed by atoms with Gasteiger partial charge < -0.3 is 15.2 Å². The minimum Gasteiger partial charge on any atom is -0.493 e. The molecule has 2 N–H and O–H groups in total. The first-order valence-corrected chi connectivity index (χ1v) is 7.79. The third-order valence-electron chi connectivity index (χ3n) is 3.63. The minimum absolute atomic E-state index is 0.0315. The van der Waals surface area contributed by atoms with E-state index in [1.165, 1.54) is 13.2 Å². The largest absolute Gasteiger partial charge is 0.493 e. The predicted octanol–water partition coefficient (Wildman–Crippen LogP) is 3.46. The van der Waals surface area contributed by atoms with Crippen molar-refractivity contribution in [3.8, 4) is 11.5 Å². The Morgan fingerprint density at radius 2 is 1.92 bits per heavy atom. The number of nitrogens with zero attached hydrogens (tertiary/aromatic N) is 1. The molecule has 0 aliphatic heterocycles. The van der Waals surface area contributed by atoms with Crippen LogP contribution in [0.4, 0.5) is 5.69 Å². The molecular formula is C18H22N2O4. The number of methoxy groups -OCH3 is 1. The summed E-state index contributed by atoms with van der Waals surface area (Å²) in [6.07, 6.45) is 1.39. The van der Waals surface area contributed by atoms with Crippen LogP contribution in [0.1, 0.15) is 24.5 Å². The summed E-state index contributed by atoms with van der Waals surface area (Å²) in [5.74, 6) is 0.510. The van der Waals surface area contributed by atoms with Gasteiger partial charge in [0.1, 0.15) is 6.61 Å². The number of hydrogen-bond donors (Lipinski definition) is 1. The predicted molar refractivity (Wildman–Crippen MR) is 92.4 cm³/mol. The fraction of sp³-hybridized carbons (Fsp3) is 0.333. The smallest absolute Gasteiger partial charge is 0.315 e. The van der Waals surface area contributed by atoms with Crippen LogP contribution < -0.4 is 15.2 Å². The maximum atomic E-state index is 11.4. The quantitative estimate of drug-likeness (QED) is 0.591. The van der Waals surface area contributed by atoms with Crippen molar-refractivity contribution < 1.29 is 14.4 Å². The van der Waals surface area contributed by atoms with E-state index in [2.05, 4.69) is 0 Å². The van der Waals surface area contributed by atoms with Crippen LogP contribution in [0.5, 0.6) is 11.5 Å². The molecule has 1 atom stereocenters. The molecule has 6 heteroatoms. The summed E-state index contributed by atoms with van der Waals surface area (Å²) < 4.78 is 11.0. The van der Waals surface area contributed by atoms with Gasteiger partial charge in [-0.05, 0) is 37.0 Å². The van der Waals surface area contributed by atoms with Crippen LogP contribution in [0.2, 0.25) is 0 Å². The average Bonchev–Trinajstić information content (AvgIpc) is 2.58. The molecule has 0 radical (unpaired) electrons. The van der Waals surface area contributed by atoms with Gasteiger partial charge in [0.15, 0.2) is 5.75 Å². The molecule has 0 heterocycles. The lowest BCUT2D eigenvalue weighted by molar-refractivity contribution is -0.386. The number of ether oxygens (including phenoxy) is 2. The second-order valence-corrected chi connectivity index (χ2v) is 5.69. The molecule has 0 aliphatic carbocycles. The Morgan fingerprint density at radius 1 is 1.21 bits per heavy atom. The zero-order valence-corrected chi connectivity index (χ0v) is 13.9. The maximum Gasteiger partial charge on any atom is 0.315 e. The molecule has 2 rings (SSSR count). The molecule has 0 aliphatic rings. The fourth-order valence-corrected chi connectivity index (χ4v) is 2.34. The van der Waals surface area contributed by atoms with Crippen molar-refractivity contribution in [3.63, 3.8) is 0 Å². The summed E-state index contributed by atoms with van der Waals surface area (Å²) in [6.45, 7) is 2.14. The number of benzene rings is 2. The van der Waals surface area contributed by atoms with E-state index in [9.17, 15) is 10.1 Å². The van der Waals surface area contributed by atoms with E-state index in [0.717, 1.165) is 17.5 Å². The summed E-state index contributed by atoms with van der Waals surface area (Å²) in [4.78, 5) is 11.0. The van der Waals surface area contributed by atoms with E-state index in [1.807, 2.05) is 37.3 Å². The van der Waals surface area contributed by atoms with Crippen LogP contribution in [0.15, 0.2) is 42.5 Å². The van der Waals surface area contributed by atoms with Crippen LogP contribution in [0, 0.1) is 10.1 Å². The van der Waals surface area contributed by atoms with E-state index in [-0.39, 0.29) is 24.1 Å². The van der Waals surface area contributed by atoms with Crippen LogP contribution in [0.25, 0.3) is 0 Å². The molecule has 6 nitrogen and oxygen atoms in total. The number of aryl methyl sites for hydroxylation is 1. The highest BCUT2D eigenvalue weighted by atomic mass is 16.6. The first-order valence-electron chi connectivity index (χ1n) is 7.79. The maximum absolute atomic E-state index is 11.4. The van der Waals surface area contributed by atoms with Crippen LogP contribution >= 0.6 is 0 Å². The van der Waals surface area contributed by atoms with E-state index in [0.29, 0.717) is 12.2 Å². The van der Waals surface area contributed by atoms with Gasteiger partial charge in [-0.3, -0.25) is 10.1 Å². The Kier molecular flexibility index (Phi) is 6.14. The van der Waals surface area contributed by atoms with Crippen LogP contribution in [-0.2, 0) is 13.0 Å². The second-order valence-electron chi connectivity index (χ2n) is 5.69. The molecule has 0 saturated carbocycles. The van der Waals surface area contributed by atoms with Crippen molar-refractivity contribution in [3.05, 3.63) is 63.7 Å². The van der Waals surface area contributed by atoms with Crippen molar-refractivity contribution in [2.45, 2.75) is 32.4 Å². The van der Waals surface area contributed by atoms with Crippen LogP contribution in [-0.4, -0.2) is 18.1 Å². The molecule has 0 spiro atoms. The van der Waals surface area contributed by atoms with E-state index >= 15 is 0 Å². The Labute approximate surface area is 141 Å². The van der Waals surface area contributed by atoms with Gasteiger partial charge in [0, 0.05) is 12.1 Å². The van der Waals surface area contributed by atoms with Gasteiger partial charge in [0.25, 0.3) is 0 Å². The van der Waals surface area contributed by atoms with Crippen molar-refractivity contribution >= 4 is 5.69 Å². The van der Waals surface area contributed by atoms with Crippen molar-refractivity contribution in [2.24, 2.45) is 5.73 Å². The molecule has 0 saturated heterocycles. The van der Waals surface area contributed by atoms with Gasteiger partial charge in [-0.25, -0.2) is 0 Å². The second kappa shape index (κ2) is 8.31. The summed E-state index contributed by atoms with van der Waals surface area (Å²) in [5, 5.41) is 11.4. The Hall–Kier alpha value is -2.60. The number of nitro benzene ring substituents is 1. The number of hydrogen-bond acceptors (Lipinski definition) is 5. The van der Waals surface area contributed by atoms with Gasteiger partial charge in [-0.15, -0.1) is 0 Å². The molecular weight excluding hydrogens is 308 g/mol. The summed E-state index contributed by atoms with van der Waals surface area (Å²) >= 11 is 0. The molecule has 24 heavy (non-hydrogen) atoms. The highest BCUT2D eigenvalue weighted by Gasteiger charge is 2.22. The lowest BCUT2D eigenvalue weighted by Crippen LogP contribution is -2.15. The Balaban J connectivity index is 2.29. The van der Waals surface area contributed by atoms with Crippen LogP contribution in [0.3, 0.4) is 0 Å². The molecule has 1 unspecified atom stereocenters. The summed E-state index contributed by atoms with van der Waals surface area (Å²) in [7, 11) is 1.48. The molecule has 0 fully saturated rings. The topological polar surface area (TPSA) is 87.6 Å². The summed E-state index contributed by atoms with van der Waals surface area (Å²) in [6, 6.07) is 12.8. The molecule has 0 bridgehead atoms. The van der Waals surface area contributed by atoms with Gasteiger partial charge >= 0.3 is 5.69 Å². The lowest BCUT2D eigenvalue weighted by atomic mass is 10.0. The highest BCUT2D eigenvalue weighted by Crippen LogP contribution is 2.39. The van der Waals surface area contributed by atoms with Gasteiger partial charge in [-0.1, -0.05) is 30.3 Å². The van der Waals surface area contributed by atoms with Gasteiger partial charge in [0.05, 0.1) is 12.0 Å². The average molecular weight is 330 g/mol. The minimum atomic E-state index is -0.446. The van der Waals surface area contributed by atoms with E-state index in [4.69, 9.17) is 15.2 Å². The number of nitrogens with two attached hydrogens (primary N) is 1. The zero-order valence-electron chi connectivity index (χ0n) is 13.9. The Morgan fingerprint density at radius 3 is 2.50 bits per heavy atom. The van der Waals surface area contributed by atoms with Crippen molar-refractivity contribution in [1.29, 1.82) is 0 Å². The normalized spacial score (nSPS) is 11.8. The highest BCUT2D eigenvalue weighted by molar-refractivity contribution is 5.58. The zero-order chi connectivity index (χ0) is 17.5. The Bertz CT molecular complexity index is 687. The monoisotopic (exact) mass is 330 g/mol. The third-order valence-corrected chi connectivity index (χ3v) is 3.63. The summed E-state index contributed by atoms with van der Waals surface area (Å²) in [5.41, 5.74) is 7.40. The van der Waals surface area contributed by atoms with Gasteiger partial charge in [-0.2, -0.15) is 0 Å². The molecule has 0 aromatic heterocycles.